The number of nitrogens with one attached hydrogen (secondary N) is 1. The Balaban J connectivity index is 1.62. The van der Waals surface area contributed by atoms with Crippen LogP contribution in [-0.4, -0.2) is 22.3 Å². The van der Waals surface area contributed by atoms with Gasteiger partial charge in [-0.15, -0.1) is 0 Å². The molecule has 1 aromatic heterocycles. The maximum atomic E-state index is 10.7. The van der Waals surface area contributed by atoms with Crippen LogP contribution in [0, 0.1) is 6.92 Å². The first-order valence-electron chi connectivity index (χ1n) is 8.77. The average molecular weight is 409 g/mol. The van der Waals surface area contributed by atoms with Crippen molar-refractivity contribution in [3.05, 3.63) is 76.8 Å². The highest BCUT2D eigenvalue weighted by Crippen LogP contribution is 2.31. The van der Waals surface area contributed by atoms with Crippen LogP contribution >= 0.6 is 15.9 Å². The number of para-hydroxylation sites is 2. The summed E-state index contributed by atoms with van der Waals surface area (Å²) in [6.45, 7) is 3.12. The van der Waals surface area contributed by atoms with E-state index in [1.165, 1.54) is 16.3 Å². The molecule has 4 rings (SSSR count). The third-order valence-corrected chi connectivity index (χ3v) is 5.29. The molecule has 0 bridgehead atoms. The Morgan fingerprint density at radius 2 is 1.69 bits per heavy atom. The van der Waals surface area contributed by atoms with Gasteiger partial charge in [0.2, 0.25) is 0 Å². The summed E-state index contributed by atoms with van der Waals surface area (Å²) >= 11 is 3.57. The second-order valence-electron chi connectivity index (χ2n) is 6.64. The van der Waals surface area contributed by atoms with Crippen LogP contribution in [0.25, 0.3) is 21.8 Å². The molecule has 0 aliphatic heterocycles. The van der Waals surface area contributed by atoms with Gasteiger partial charge in [-0.25, -0.2) is 0 Å². The maximum Gasteiger partial charge on any atom is 0.0891 e. The summed E-state index contributed by atoms with van der Waals surface area (Å²) in [4.78, 5) is 0. The van der Waals surface area contributed by atoms with Crippen molar-refractivity contribution < 1.29 is 5.11 Å². The fourth-order valence-electron chi connectivity index (χ4n) is 3.50. The molecule has 1 heterocycles. The molecule has 0 amide bonds. The highest BCUT2D eigenvalue weighted by atomic mass is 79.9. The lowest BCUT2D eigenvalue weighted by atomic mass is 10.2. The van der Waals surface area contributed by atoms with Crippen molar-refractivity contribution in [1.82, 2.24) is 4.57 Å². The van der Waals surface area contributed by atoms with Gasteiger partial charge >= 0.3 is 0 Å². The normalized spacial score (nSPS) is 12.6. The van der Waals surface area contributed by atoms with Crippen molar-refractivity contribution >= 4 is 43.4 Å². The predicted molar refractivity (Wildman–Crippen MR) is 113 cm³/mol. The fourth-order valence-corrected chi connectivity index (χ4v) is 3.86. The molecule has 3 aromatic carbocycles. The number of benzene rings is 3. The van der Waals surface area contributed by atoms with E-state index in [1.54, 1.807) is 0 Å². The smallest absolute Gasteiger partial charge is 0.0891 e. The van der Waals surface area contributed by atoms with Gasteiger partial charge in [-0.2, -0.15) is 0 Å². The lowest BCUT2D eigenvalue weighted by molar-refractivity contribution is 0.169. The van der Waals surface area contributed by atoms with Crippen molar-refractivity contribution in [2.24, 2.45) is 0 Å². The van der Waals surface area contributed by atoms with Crippen molar-refractivity contribution in [2.75, 3.05) is 11.9 Å². The molecule has 1 atom stereocenters. The molecular formula is C22H21BrN2O. The molecule has 0 aliphatic rings. The molecule has 0 saturated carbocycles. The van der Waals surface area contributed by atoms with Gasteiger partial charge in [-0.05, 0) is 42.8 Å². The summed E-state index contributed by atoms with van der Waals surface area (Å²) in [5.74, 6) is 0. The molecule has 0 aliphatic carbocycles. The van der Waals surface area contributed by atoms with Crippen LogP contribution in [0.2, 0.25) is 0 Å². The van der Waals surface area contributed by atoms with Crippen molar-refractivity contribution in [1.29, 1.82) is 0 Å². The first-order valence-corrected chi connectivity index (χ1v) is 9.57. The summed E-state index contributed by atoms with van der Waals surface area (Å²) in [7, 11) is 0. The molecule has 0 fully saturated rings. The number of aromatic nitrogens is 1. The van der Waals surface area contributed by atoms with E-state index in [2.05, 4.69) is 75.2 Å². The zero-order valence-electron chi connectivity index (χ0n) is 14.6. The van der Waals surface area contributed by atoms with Gasteiger partial charge in [-0.1, -0.05) is 52.3 Å². The van der Waals surface area contributed by atoms with Gasteiger partial charge in [0, 0.05) is 38.5 Å². The molecular weight excluding hydrogens is 388 g/mol. The predicted octanol–water partition coefficient (Wildman–Crippen LogP) is 5.34. The minimum absolute atomic E-state index is 0.489. The van der Waals surface area contributed by atoms with Crippen molar-refractivity contribution in [3.8, 4) is 0 Å². The lowest BCUT2D eigenvalue weighted by Gasteiger charge is -2.16. The molecule has 3 nitrogen and oxygen atoms in total. The molecule has 4 aromatic rings. The Morgan fingerprint density at radius 1 is 0.962 bits per heavy atom. The van der Waals surface area contributed by atoms with E-state index in [0.29, 0.717) is 13.1 Å². The molecule has 26 heavy (non-hydrogen) atoms. The first kappa shape index (κ1) is 17.1. The van der Waals surface area contributed by atoms with Crippen LogP contribution in [0.4, 0.5) is 5.69 Å². The third-order valence-electron chi connectivity index (χ3n) is 4.80. The zero-order chi connectivity index (χ0) is 18.1. The highest BCUT2D eigenvalue weighted by Gasteiger charge is 2.14. The Kier molecular flexibility index (Phi) is 4.70. The summed E-state index contributed by atoms with van der Waals surface area (Å²) in [6.07, 6.45) is -0.489. The zero-order valence-corrected chi connectivity index (χ0v) is 16.2. The number of aliphatic hydroxyl groups excluding tert-OH is 1. The number of hydrogen-bond acceptors (Lipinski definition) is 2. The second kappa shape index (κ2) is 7.14. The minimum Gasteiger partial charge on any atom is -0.389 e. The van der Waals surface area contributed by atoms with Gasteiger partial charge in [0.1, 0.15) is 0 Å². The lowest BCUT2D eigenvalue weighted by Crippen LogP contribution is -2.25. The van der Waals surface area contributed by atoms with Crippen LogP contribution in [-0.2, 0) is 6.54 Å². The van der Waals surface area contributed by atoms with Gasteiger partial charge in [0.25, 0.3) is 0 Å². The van der Waals surface area contributed by atoms with Crippen LogP contribution in [0.1, 0.15) is 5.56 Å². The Labute approximate surface area is 161 Å². The standard InChI is InChI=1S/C22H21BrN2O/c1-15-6-2-4-8-20(15)24-13-17(26)14-25-21-9-5-3-7-18(21)19-12-16(23)10-11-22(19)25/h2-12,17,24,26H,13-14H2,1H3. The number of aliphatic hydroxyl groups is 1. The van der Waals surface area contributed by atoms with Crippen molar-refractivity contribution in [3.63, 3.8) is 0 Å². The number of rotatable bonds is 5. The van der Waals surface area contributed by atoms with Gasteiger partial charge in [0.15, 0.2) is 0 Å². The van der Waals surface area contributed by atoms with E-state index >= 15 is 0 Å². The van der Waals surface area contributed by atoms with E-state index in [9.17, 15) is 5.11 Å². The van der Waals surface area contributed by atoms with Crippen LogP contribution in [0.15, 0.2) is 71.2 Å². The average Bonchev–Trinajstić information content (AvgIpc) is 2.94. The van der Waals surface area contributed by atoms with E-state index in [0.717, 1.165) is 21.2 Å². The highest BCUT2D eigenvalue weighted by molar-refractivity contribution is 9.10. The van der Waals surface area contributed by atoms with Crippen LogP contribution < -0.4 is 5.32 Å². The SMILES string of the molecule is Cc1ccccc1NCC(O)Cn1c2ccccc2c2cc(Br)ccc21. The summed E-state index contributed by atoms with van der Waals surface area (Å²) in [6, 6.07) is 22.8. The number of halogens is 1. The molecule has 0 saturated heterocycles. The second-order valence-corrected chi connectivity index (χ2v) is 7.55. The third kappa shape index (κ3) is 3.22. The largest absolute Gasteiger partial charge is 0.389 e. The first-order chi connectivity index (χ1) is 12.6. The van der Waals surface area contributed by atoms with E-state index < -0.39 is 6.10 Å². The van der Waals surface area contributed by atoms with Crippen molar-refractivity contribution in [2.45, 2.75) is 19.6 Å². The number of fused-ring (bicyclic) bond motifs is 3. The number of aryl methyl sites for hydroxylation is 1. The van der Waals surface area contributed by atoms with E-state index in [4.69, 9.17) is 0 Å². The van der Waals surface area contributed by atoms with Gasteiger partial charge in [0.05, 0.1) is 12.6 Å². The van der Waals surface area contributed by atoms with Gasteiger partial charge < -0.3 is 15.0 Å². The van der Waals surface area contributed by atoms with E-state index in [-0.39, 0.29) is 0 Å². The summed E-state index contributed by atoms with van der Waals surface area (Å²) < 4.78 is 3.27. The van der Waals surface area contributed by atoms with E-state index in [1.807, 2.05) is 24.3 Å². The Morgan fingerprint density at radius 3 is 2.54 bits per heavy atom. The summed E-state index contributed by atoms with van der Waals surface area (Å²) in [5, 5.41) is 16.4. The number of hydrogen-bond donors (Lipinski definition) is 2. The fraction of sp³-hybridized carbons (Fsp3) is 0.182. The molecule has 0 spiro atoms. The maximum absolute atomic E-state index is 10.7. The van der Waals surface area contributed by atoms with Crippen LogP contribution in [0.3, 0.4) is 0 Å². The monoisotopic (exact) mass is 408 g/mol. The molecule has 4 heteroatoms. The topological polar surface area (TPSA) is 37.2 Å². The van der Waals surface area contributed by atoms with Gasteiger partial charge in [-0.3, -0.25) is 0 Å². The molecule has 0 radical (unpaired) electrons. The molecule has 2 N–H and O–H groups in total. The minimum atomic E-state index is -0.489. The summed E-state index contributed by atoms with van der Waals surface area (Å²) in [5.41, 5.74) is 4.54. The Bertz CT molecular complexity index is 1070. The van der Waals surface area contributed by atoms with Crippen LogP contribution in [0.5, 0.6) is 0 Å². The Hall–Kier alpha value is -2.30. The number of anilines is 1. The number of nitrogens with zero attached hydrogens (tertiary/aromatic N) is 1. The molecule has 1 unspecified atom stereocenters. The quantitative estimate of drug-likeness (QED) is 0.467. The molecule has 132 valence electrons.